The van der Waals surface area contributed by atoms with Crippen molar-refractivity contribution in [3.8, 4) is 11.5 Å². The van der Waals surface area contributed by atoms with Gasteiger partial charge in [-0.15, -0.1) is 0 Å². The number of nitrogens with zero attached hydrogens (tertiary/aromatic N) is 2. The van der Waals surface area contributed by atoms with Gasteiger partial charge in [-0.1, -0.05) is 6.07 Å². The summed E-state index contributed by atoms with van der Waals surface area (Å²) in [5.41, 5.74) is 0.418. The number of amidine groups is 1. The van der Waals surface area contributed by atoms with E-state index in [0.29, 0.717) is 23.2 Å². The van der Waals surface area contributed by atoms with Crippen LogP contribution in [0.5, 0.6) is 11.5 Å². The topological polar surface area (TPSA) is 75.8 Å². The van der Waals surface area contributed by atoms with Crippen molar-refractivity contribution in [2.45, 2.75) is 12.6 Å². The van der Waals surface area contributed by atoms with E-state index in [2.05, 4.69) is 10.3 Å². The number of aliphatic imine (C=N–C) groups is 1. The van der Waals surface area contributed by atoms with Crippen molar-refractivity contribution >= 4 is 16.7 Å². The Hall–Kier alpha value is -2.50. The van der Waals surface area contributed by atoms with Gasteiger partial charge in [0, 0.05) is 18.0 Å². The second kappa shape index (κ2) is 4.00. The maximum Gasteiger partial charge on any atom is 0.254 e. The third-order valence-corrected chi connectivity index (χ3v) is 3.69. The Morgan fingerprint density at radius 2 is 2.35 bits per heavy atom. The summed E-state index contributed by atoms with van der Waals surface area (Å²) in [5.74, 6) is 1.37. The van der Waals surface area contributed by atoms with Gasteiger partial charge < -0.3 is 19.7 Å². The van der Waals surface area contributed by atoms with E-state index in [4.69, 9.17) is 4.74 Å². The minimum Gasteiger partial charge on any atom is -0.507 e. The molecule has 20 heavy (non-hydrogen) atoms. The molecule has 1 aromatic heterocycles. The summed E-state index contributed by atoms with van der Waals surface area (Å²) in [7, 11) is 0. The van der Waals surface area contributed by atoms with Crippen molar-refractivity contribution in [2.24, 2.45) is 4.99 Å². The average molecular weight is 271 g/mol. The zero-order valence-corrected chi connectivity index (χ0v) is 10.7. The van der Waals surface area contributed by atoms with Gasteiger partial charge in [-0.3, -0.25) is 9.79 Å². The van der Waals surface area contributed by atoms with E-state index in [1.54, 1.807) is 22.8 Å². The SMILES string of the molecule is O=c1cc(O)c2cccc3c2n1CC(C1=NCCN1)O3. The van der Waals surface area contributed by atoms with Gasteiger partial charge in [0.2, 0.25) is 0 Å². The number of benzene rings is 1. The Bertz CT molecular complexity index is 794. The number of hydrogen-bond acceptors (Lipinski definition) is 5. The smallest absolute Gasteiger partial charge is 0.254 e. The highest BCUT2D eigenvalue weighted by atomic mass is 16.5. The van der Waals surface area contributed by atoms with Crippen molar-refractivity contribution in [1.29, 1.82) is 0 Å². The maximum atomic E-state index is 12.1. The van der Waals surface area contributed by atoms with Crippen LogP contribution in [0.2, 0.25) is 0 Å². The molecule has 1 unspecified atom stereocenters. The maximum absolute atomic E-state index is 12.1. The number of pyridine rings is 1. The summed E-state index contributed by atoms with van der Waals surface area (Å²) in [4.78, 5) is 16.5. The first-order valence-electron chi connectivity index (χ1n) is 6.54. The van der Waals surface area contributed by atoms with E-state index < -0.39 is 0 Å². The highest BCUT2D eigenvalue weighted by molar-refractivity contribution is 5.93. The molecule has 1 atom stereocenters. The van der Waals surface area contributed by atoms with Crippen LogP contribution in [0.1, 0.15) is 0 Å². The van der Waals surface area contributed by atoms with Crippen molar-refractivity contribution in [1.82, 2.24) is 9.88 Å². The highest BCUT2D eigenvalue weighted by Crippen LogP contribution is 2.33. The fourth-order valence-electron chi connectivity index (χ4n) is 2.80. The lowest BCUT2D eigenvalue weighted by Crippen LogP contribution is -2.43. The van der Waals surface area contributed by atoms with Crippen LogP contribution in [0.3, 0.4) is 0 Å². The predicted molar refractivity (Wildman–Crippen MR) is 74.6 cm³/mol. The lowest BCUT2D eigenvalue weighted by atomic mass is 10.1. The molecule has 2 aliphatic rings. The number of para-hydroxylation sites is 1. The molecule has 102 valence electrons. The van der Waals surface area contributed by atoms with Crippen LogP contribution in [0.4, 0.5) is 0 Å². The monoisotopic (exact) mass is 271 g/mol. The molecule has 0 bridgehead atoms. The summed E-state index contributed by atoms with van der Waals surface area (Å²) in [6.45, 7) is 1.94. The number of aromatic nitrogens is 1. The molecule has 1 aromatic carbocycles. The van der Waals surface area contributed by atoms with E-state index in [1.807, 2.05) is 0 Å². The first-order chi connectivity index (χ1) is 9.74. The molecule has 0 saturated heterocycles. The molecular formula is C14H13N3O3. The van der Waals surface area contributed by atoms with Gasteiger partial charge in [-0.2, -0.15) is 0 Å². The zero-order chi connectivity index (χ0) is 13.7. The summed E-state index contributed by atoms with van der Waals surface area (Å²) in [5, 5.41) is 13.7. The Kier molecular flexibility index (Phi) is 2.26. The van der Waals surface area contributed by atoms with Gasteiger partial charge in [0.05, 0.1) is 18.6 Å². The van der Waals surface area contributed by atoms with Crippen LogP contribution in [0, 0.1) is 0 Å². The largest absolute Gasteiger partial charge is 0.507 e. The molecule has 6 nitrogen and oxygen atoms in total. The van der Waals surface area contributed by atoms with Crippen LogP contribution in [-0.4, -0.2) is 34.7 Å². The molecule has 0 fully saturated rings. The highest BCUT2D eigenvalue weighted by Gasteiger charge is 2.28. The van der Waals surface area contributed by atoms with Crippen LogP contribution in [0.15, 0.2) is 34.1 Å². The second-order valence-electron chi connectivity index (χ2n) is 4.93. The molecule has 0 aliphatic carbocycles. The van der Waals surface area contributed by atoms with E-state index in [9.17, 15) is 9.90 Å². The molecular weight excluding hydrogens is 258 g/mol. The van der Waals surface area contributed by atoms with Gasteiger partial charge >= 0.3 is 0 Å². The summed E-state index contributed by atoms with van der Waals surface area (Å²) >= 11 is 0. The Labute approximate surface area is 114 Å². The minimum atomic E-state index is -0.280. The molecule has 3 heterocycles. The third-order valence-electron chi connectivity index (χ3n) is 3.69. The van der Waals surface area contributed by atoms with Crippen LogP contribution in [-0.2, 0) is 6.54 Å². The van der Waals surface area contributed by atoms with Crippen molar-refractivity contribution in [3.05, 3.63) is 34.6 Å². The lowest BCUT2D eigenvalue weighted by molar-refractivity contribution is 0.228. The average Bonchev–Trinajstić information content (AvgIpc) is 2.98. The molecule has 0 saturated carbocycles. The van der Waals surface area contributed by atoms with Crippen molar-refractivity contribution < 1.29 is 9.84 Å². The molecule has 6 heteroatoms. The van der Waals surface area contributed by atoms with E-state index in [0.717, 1.165) is 18.9 Å². The molecule has 0 radical (unpaired) electrons. The van der Waals surface area contributed by atoms with Gasteiger partial charge in [0.25, 0.3) is 5.56 Å². The van der Waals surface area contributed by atoms with Gasteiger partial charge in [0.15, 0.2) is 6.10 Å². The first-order valence-corrected chi connectivity index (χ1v) is 6.54. The van der Waals surface area contributed by atoms with Crippen molar-refractivity contribution in [3.63, 3.8) is 0 Å². The number of nitrogens with one attached hydrogen (secondary N) is 1. The Balaban J connectivity index is 1.93. The standard InChI is InChI=1S/C14H13N3O3/c18-9-6-12(19)17-7-11(14-15-4-5-16-14)20-10-3-1-2-8(9)13(10)17/h1-3,6,11,18H,4-5,7H2,(H,15,16). The predicted octanol–water partition coefficient (Wildman–Crippen LogP) is 0.470. The van der Waals surface area contributed by atoms with E-state index >= 15 is 0 Å². The summed E-state index contributed by atoms with van der Waals surface area (Å²) in [6, 6.07) is 6.63. The number of rotatable bonds is 1. The minimum absolute atomic E-state index is 0.0125. The lowest BCUT2D eigenvalue weighted by Gasteiger charge is -2.27. The van der Waals surface area contributed by atoms with Crippen LogP contribution >= 0.6 is 0 Å². The molecule has 0 spiro atoms. The van der Waals surface area contributed by atoms with Gasteiger partial charge in [-0.05, 0) is 12.1 Å². The molecule has 4 rings (SSSR count). The number of ether oxygens (including phenoxy) is 1. The quantitative estimate of drug-likeness (QED) is 0.790. The van der Waals surface area contributed by atoms with E-state index in [-0.39, 0.29) is 17.4 Å². The summed E-state index contributed by atoms with van der Waals surface area (Å²) < 4.78 is 7.57. The molecule has 2 aromatic rings. The second-order valence-corrected chi connectivity index (χ2v) is 4.93. The molecule has 2 N–H and O–H groups in total. The van der Waals surface area contributed by atoms with Crippen molar-refractivity contribution in [2.75, 3.05) is 13.1 Å². The molecule has 2 aliphatic heterocycles. The van der Waals surface area contributed by atoms with Gasteiger partial charge in [0.1, 0.15) is 17.3 Å². The molecule has 0 amide bonds. The number of hydrogen-bond donors (Lipinski definition) is 2. The summed E-state index contributed by atoms with van der Waals surface area (Å²) in [6.07, 6.45) is -0.280. The Morgan fingerprint density at radius 1 is 1.45 bits per heavy atom. The zero-order valence-electron chi connectivity index (χ0n) is 10.7. The van der Waals surface area contributed by atoms with Crippen LogP contribution < -0.4 is 15.6 Å². The van der Waals surface area contributed by atoms with E-state index in [1.165, 1.54) is 6.07 Å². The fourth-order valence-corrected chi connectivity index (χ4v) is 2.80. The first kappa shape index (κ1) is 11.3. The Morgan fingerprint density at radius 3 is 3.15 bits per heavy atom. The fraction of sp³-hybridized carbons (Fsp3) is 0.286. The normalized spacial score (nSPS) is 20.4. The van der Waals surface area contributed by atoms with Crippen LogP contribution in [0.25, 0.3) is 10.9 Å². The van der Waals surface area contributed by atoms with Gasteiger partial charge in [-0.25, -0.2) is 0 Å². The third kappa shape index (κ3) is 1.51. The number of aromatic hydroxyl groups is 1.